The predicted octanol–water partition coefficient (Wildman–Crippen LogP) is 4.93. The van der Waals surface area contributed by atoms with Gasteiger partial charge in [-0.3, -0.25) is 9.69 Å². The van der Waals surface area contributed by atoms with Crippen molar-refractivity contribution in [3.8, 4) is 17.2 Å². The van der Waals surface area contributed by atoms with Crippen molar-refractivity contribution in [2.24, 2.45) is 7.05 Å². The van der Waals surface area contributed by atoms with Crippen LogP contribution in [0.3, 0.4) is 0 Å². The van der Waals surface area contributed by atoms with Gasteiger partial charge in [-0.25, -0.2) is 18.3 Å². The molecule has 0 bridgehead atoms. The molecule has 1 saturated carbocycles. The number of fused-ring (bicyclic) bond motifs is 2. The Hall–Kier alpha value is -4.52. The highest BCUT2D eigenvalue weighted by molar-refractivity contribution is 5.85. The van der Waals surface area contributed by atoms with Crippen molar-refractivity contribution < 1.29 is 18.3 Å². The molecule has 1 saturated heterocycles. The van der Waals surface area contributed by atoms with Gasteiger partial charge in [0.1, 0.15) is 16.7 Å². The van der Waals surface area contributed by atoms with Gasteiger partial charge in [0.05, 0.1) is 26.0 Å². The van der Waals surface area contributed by atoms with E-state index in [9.17, 15) is 13.6 Å². The molecule has 0 atom stereocenters. The summed E-state index contributed by atoms with van der Waals surface area (Å²) in [6.45, 7) is 1.13. The fourth-order valence-corrected chi connectivity index (χ4v) is 5.75. The largest absolute Gasteiger partial charge is 0.491 e. The van der Waals surface area contributed by atoms with E-state index in [1.165, 1.54) is 0 Å². The topological polar surface area (TPSA) is 104 Å². The quantitative estimate of drug-likeness (QED) is 0.244. The van der Waals surface area contributed by atoms with Crippen molar-refractivity contribution in [2.45, 2.75) is 44.1 Å². The standard InChI is InChI=1S/C30H32F2N8O3/c1-37-25-26(42-2)24(43-23-16-34-40-12-4-3-6-22(23)40)15-33-27(25)36-29(37)35-21-14-20(19-7-8-19)17-39(28(21)41)11-5-10-38-13-9-30(31,32)18-38/h3-4,6,12,14-17,19H,5,7-11,13,18H2,1-2H3,(H,33,35,36). The van der Waals surface area contributed by atoms with E-state index >= 15 is 0 Å². The molecule has 0 aromatic carbocycles. The Labute approximate surface area is 245 Å². The van der Waals surface area contributed by atoms with Gasteiger partial charge in [-0.2, -0.15) is 10.1 Å². The fraction of sp³-hybridized carbons (Fsp3) is 0.400. The smallest absolute Gasteiger partial charge is 0.274 e. The van der Waals surface area contributed by atoms with E-state index in [1.54, 1.807) is 38.1 Å². The number of aryl methyl sites for hydroxylation is 2. The second-order valence-corrected chi connectivity index (χ2v) is 11.3. The Bertz CT molecular complexity index is 1880. The Balaban J connectivity index is 1.16. The molecule has 1 aliphatic carbocycles. The molecule has 5 aromatic rings. The molecule has 1 N–H and O–H groups in total. The normalized spacial score (nSPS) is 16.7. The highest BCUT2D eigenvalue weighted by atomic mass is 19.3. The number of rotatable bonds is 10. The number of nitrogens with one attached hydrogen (secondary N) is 1. The second-order valence-electron chi connectivity index (χ2n) is 11.3. The molecule has 2 fully saturated rings. The summed E-state index contributed by atoms with van der Waals surface area (Å²) in [6.07, 6.45) is 9.58. The molecule has 0 radical (unpaired) electrons. The van der Waals surface area contributed by atoms with Gasteiger partial charge < -0.3 is 23.9 Å². The number of methoxy groups -OCH3 is 1. The van der Waals surface area contributed by atoms with Crippen LogP contribution in [0.2, 0.25) is 0 Å². The summed E-state index contributed by atoms with van der Waals surface area (Å²) < 4.78 is 44.3. The maximum atomic E-state index is 13.6. The number of halogens is 2. The number of imidazole rings is 1. The molecule has 0 unspecified atom stereocenters. The van der Waals surface area contributed by atoms with Crippen molar-refractivity contribution >= 4 is 28.3 Å². The number of nitrogens with zero attached hydrogens (tertiary/aromatic N) is 7. The molecular weight excluding hydrogens is 558 g/mol. The van der Waals surface area contributed by atoms with Crippen LogP contribution in [-0.2, 0) is 13.6 Å². The van der Waals surface area contributed by atoms with E-state index in [0.29, 0.717) is 72.0 Å². The van der Waals surface area contributed by atoms with Crippen molar-refractivity contribution in [2.75, 3.05) is 32.1 Å². The van der Waals surface area contributed by atoms with Crippen LogP contribution in [0.1, 0.15) is 37.2 Å². The van der Waals surface area contributed by atoms with Gasteiger partial charge in [0, 0.05) is 45.5 Å². The molecule has 43 heavy (non-hydrogen) atoms. The molecule has 0 spiro atoms. The fourth-order valence-electron chi connectivity index (χ4n) is 5.75. The monoisotopic (exact) mass is 590 g/mol. The van der Waals surface area contributed by atoms with E-state index in [-0.39, 0.29) is 18.5 Å². The Morgan fingerprint density at radius 3 is 2.79 bits per heavy atom. The van der Waals surface area contributed by atoms with Crippen LogP contribution in [-0.4, -0.2) is 66.3 Å². The lowest BCUT2D eigenvalue weighted by Gasteiger charge is -2.17. The van der Waals surface area contributed by atoms with Crippen molar-refractivity contribution in [1.82, 2.24) is 33.6 Å². The number of likely N-dealkylation sites (tertiary alicyclic amines) is 1. The van der Waals surface area contributed by atoms with E-state index < -0.39 is 5.92 Å². The summed E-state index contributed by atoms with van der Waals surface area (Å²) in [4.78, 5) is 24.5. The first-order valence-corrected chi connectivity index (χ1v) is 14.4. The summed E-state index contributed by atoms with van der Waals surface area (Å²) in [6, 6.07) is 7.58. The third-order valence-electron chi connectivity index (χ3n) is 8.16. The molecular formula is C30H32F2N8O3. The van der Waals surface area contributed by atoms with Gasteiger partial charge in [0.2, 0.25) is 5.95 Å². The van der Waals surface area contributed by atoms with Gasteiger partial charge in [0.25, 0.3) is 11.5 Å². The van der Waals surface area contributed by atoms with E-state index in [4.69, 9.17) is 9.47 Å². The van der Waals surface area contributed by atoms with Crippen LogP contribution in [0, 0.1) is 0 Å². The maximum absolute atomic E-state index is 13.6. The Morgan fingerprint density at radius 1 is 1.16 bits per heavy atom. The summed E-state index contributed by atoms with van der Waals surface area (Å²) in [5, 5.41) is 7.56. The minimum Gasteiger partial charge on any atom is -0.491 e. The van der Waals surface area contributed by atoms with Gasteiger partial charge in [-0.1, -0.05) is 6.07 Å². The summed E-state index contributed by atoms with van der Waals surface area (Å²) in [7, 11) is 3.37. The van der Waals surface area contributed by atoms with Gasteiger partial charge in [-0.05, 0) is 48.9 Å². The van der Waals surface area contributed by atoms with Crippen LogP contribution >= 0.6 is 0 Å². The highest BCUT2D eigenvalue weighted by Gasteiger charge is 2.37. The van der Waals surface area contributed by atoms with Gasteiger partial charge >= 0.3 is 0 Å². The number of ether oxygens (including phenoxy) is 2. The molecule has 1 aliphatic heterocycles. The third kappa shape index (κ3) is 5.29. The molecule has 0 amide bonds. The molecule has 13 heteroatoms. The minimum absolute atomic E-state index is 0.107. The van der Waals surface area contributed by atoms with Crippen LogP contribution in [0.25, 0.3) is 16.7 Å². The van der Waals surface area contributed by atoms with Crippen LogP contribution in [0.5, 0.6) is 17.2 Å². The molecule has 5 aromatic heterocycles. The molecule has 2 aliphatic rings. The lowest BCUT2D eigenvalue weighted by molar-refractivity contribution is 0.0121. The molecule has 224 valence electrons. The maximum Gasteiger partial charge on any atom is 0.274 e. The summed E-state index contributed by atoms with van der Waals surface area (Å²) >= 11 is 0. The average molecular weight is 591 g/mol. The Morgan fingerprint density at radius 2 is 2.02 bits per heavy atom. The number of aromatic nitrogens is 6. The molecule has 6 heterocycles. The minimum atomic E-state index is -2.62. The van der Waals surface area contributed by atoms with Crippen LogP contribution in [0.4, 0.5) is 20.4 Å². The molecule has 11 nitrogen and oxygen atoms in total. The van der Waals surface area contributed by atoms with E-state index in [2.05, 4.69) is 20.4 Å². The number of pyridine rings is 3. The first-order chi connectivity index (χ1) is 20.8. The highest BCUT2D eigenvalue weighted by Crippen LogP contribution is 2.41. The second kappa shape index (κ2) is 10.6. The third-order valence-corrected chi connectivity index (χ3v) is 8.16. The molecule has 7 rings (SSSR count). The van der Waals surface area contributed by atoms with Gasteiger partial charge in [-0.15, -0.1) is 0 Å². The van der Waals surface area contributed by atoms with Crippen molar-refractivity contribution in [1.29, 1.82) is 0 Å². The lowest BCUT2D eigenvalue weighted by Crippen LogP contribution is -2.28. The van der Waals surface area contributed by atoms with Crippen LogP contribution < -0.4 is 20.3 Å². The van der Waals surface area contributed by atoms with E-state index in [1.807, 2.05) is 43.7 Å². The Kier molecular flexibility index (Phi) is 6.76. The zero-order valence-corrected chi connectivity index (χ0v) is 24.0. The lowest BCUT2D eigenvalue weighted by atomic mass is 10.1. The number of hydrogen-bond donors (Lipinski definition) is 1. The number of anilines is 2. The van der Waals surface area contributed by atoms with E-state index in [0.717, 1.165) is 23.9 Å². The first kappa shape index (κ1) is 27.3. The summed E-state index contributed by atoms with van der Waals surface area (Å²) in [5.41, 5.74) is 3.10. The average Bonchev–Trinajstić information content (AvgIpc) is 3.58. The number of hydrogen-bond acceptors (Lipinski definition) is 8. The van der Waals surface area contributed by atoms with Crippen molar-refractivity contribution in [3.05, 3.63) is 65.0 Å². The summed E-state index contributed by atoms with van der Waals surface area (Å²) in [5.74, 6) is -0.394. The number of alkyl halides is 2. The zero-order valence-electron chi connectivity index (χ0n) is 24.0. The van der Waals surface area contributed by atoms with Gasteiger partial charge in [0.15, 0.2) is 22.9 Å². The predicted molar refractivity (Wildman–Crippen MR) is 157 cm³/mol. The van der Waals surface area contributed by atoms with Crippen LogP contribution in [0.15, 0.2) is 53.8 Å². The first-order valence-electron chi connectivity index (χ1n) is 14.4. The van der Waals surface area contributed by atoms with Crippen molar-refractivity contribution in [3.63, 3.8) is 0 Å². The SMILES string of the molecule is COc1c(Oc2cnn3ccccc23)cnc2nc(Nc3cc(C4CC4)cn(CCCN4CCC(F)(F)C4)c3=O)n(C)c12. The zero-order chi connectivity index (χ0) is 29.7.